The van der Waals surface area contributed by atoms with Gasteiger partial charge in [-0.15, -0.1) is 11.3 Å². The number of aryl methyl sites for hydroxylation is 1. The molecule has 5 nitrogen and oxygen atoms in total. The Hall–Kier alpha value is -2.45. The highest BCUT2D eigenvalue weighted by Crippen LogP contribution is 2.53. The summed E-state index contributed by atoms with van der Waals surface area (Å²) in [6.45, 7) is 4.08. The minimum absolute atomic E-state index is 0.118. The van der Waals surface area contributed by atoms with Gasteiger partial charge in [-0.1, -0.05) is 17.7 Å². The van der Waals surface area contributed by atoms with Crippen molar-refractivity contribution < 1.29 is 4.39 Å². The minimum atomic E-state index is -0.445. The van der Waals surface area contributed by atoms with Crippen molar-refractivity contribution in [2.45, 2.75) is 45.6 Å². The molecule has 0 bridgehead atoms. The number of halogens is 1. The summed E-state index contributed by atoms with van der Waals surface area (Å²) in [6, 6.07) is 7.27. The van der Waals surface area contributed by atoms with Gasteiger partial charge in [0, 0.05) is 17.8 Å². The summed E-state index contributed by atoms with van der Waals surface area (Å²) in [7, 11) is 0. The molecule has 3 aliphatic rings. The van der Waals surface area contributed by atoms with E-state index in [4.69, 9.17) is 10.7 Å². The third-order valence-electron chi connectivity index (χ3n) is 6.45. The predicted molar refractivity (Wildman–Crippen MR) is 137 cm³/mol. The highest BCUT2D eigenvalue weighted by Gasteiger charge is 2.49. The van der Waals surface area contributed by atoms with Crippen LogP contribution in [-0.2, 0) is 0 Å². The second kappa shape index (κ2) is 9.06. The lowest BCUT2D eigenvalue weighted by Gasteiger charge is -2.53. The lowest BCUT2D eigenvalue weighted by molar-refractivity contribution is 0.164. The molecule has 33 heavy (non-hydrogen) atoms. The maximum atomic E-state index is 14.6. The summed E-state index contributed by atoms with van der Waals surface area (Å²) in [5.41, 5.74) is 9.71. The molecule has 3 N–H and O–H groups in total. The van der Waals surface area contributed by atoms with Gasteiger partial charge in [0.1, 0.15) is 0 Å². The van der Waals surface area contributed by atoms with Crippen LogP contribution in [0.5, 0.6) is 0 Å². The number of hydrogen-bond acceptors (Lipinski definition) is 7. The Labute approximate surface area is 202 Å². The average molecular weight is 482 g/mol. The number of thiazole rings is 1. The van der Waals surface area contributed by atoms with Crippen LogP contribution >= 0.6 is 23.1 Å². The fourth-order valence-corrected chi connectivity index (χ4v) is 6.56. The van der Waals surface area contributed by atoms with Gasteiger partial charge in [-0.25, -0.2) is 19.3 Å². The van der Waals surface area contributed by atoms with Crippen LogP contribution < -0.4 is 11.1 Å². The molecular weight excluding hydrogens is 453 g/mol. The summed E-state index contributed by atoms with van der Waals surface area (Å²) < 4.78 is 14.6. The normalized spacial score (nSPS) is 18.3. The highest BCUT2D eigenvalue weighted by molar-refractivity contribution is 8.00. The van der Waals surface area contributed by atoms with Gasteiger partial charge in [-0.3, -0.25) is 0 Å². The van der Waals surface area contributed by atoms with Gasteiger partial charge in [-0.05, 0) is 74.7 Å². The van der Waals surface area contributed by atoms with Crippen LogP contribution in [0.15, 0.2) is 42.1 Å². The van der Waals surface area contributed by atoms with Crippen LogP contribution in [-0.4, -0.2) is 32.5 Å². The molecule has 2 aromatic heterocycles. The predicted octanol–water partition coefficient (Wildman–Crippen LogP) is 6.33. The Morgan fingerprint density at radius 1 is 1.15 bits per heavy atom. The van der Waals surface area contributed by atoms with Crippen LogP contribution in [0.1, 0.15) is 37.6 Å². The molecule has 0 amide bonds. The lowest BCUT2D eigenvalue weighted by Crippen LogP contribution is -2.53. The minimum Gasteiger partial charge on any atom is -0.396 e. The number of anilines is 2. The molecular formula is C25H28FN5S2. The largest absolute Gasteiger partial charge is 0.396 e. The SMILES string of the molecule is CC1=CCC1.Cc1nc(-c2cccc(N)c2F)c(-c2ccnc(NC3CC4(CSC4)C3)n2)s1. The first-order valence-electron chi connectivity index (χ1n) is 11.3. The van der Waals surface area contributed by atoms with Crippen molar-refractivity contribution in [1.29, 1.82) is 0 Å². The van der Waals surface area contributed by atoms with Crippen molar-refractivity contribution in [2.24, 2.45) is 5.41 Å². The van der Waals surface area contributed by atoms with Crippen molar-refractivity contribution >= 4 is 34.7 Å². The van der Waals surface area contributed by atoms with Crippen molar-refractivity contribution in [3.05, 3.63) is 52.9 Å². The van der Waals surface area contributed by atoms with Gasteiger partial charge in [0.15, 0.2) is 5.82 Å². The summed E-state index contributed by atoms with van der Waals surface area (Å²) >= 11 is 3.52. The first-order valence-corrected chi connectivity index (χ1v) is 13.2. The number of nitrogens with two attached hydrogens (primary N) is 1. The van der Waals surface area contributed by atoms with E-state index in [1.54, 1.807) is 30.0 Å². The zero-order valence-electron chi connectivity index (χ0n) is 18.9. The number of hydrogen-bond donors (Lipinski definition) is 2. The first kappa shape index (κ1) is 22.3. The van der Waals surface area contributed by atoms with Crippen LogP contribution in [0.4, 0.5) is 16.0 Å². The molecule has 172 valence electrons. The number of allylic oxidation sites excluding steroid dienone is 2. The van der Waals surface area contributed by atoms with Gasteiger partial charge < -0.3 is 11.1 Å². The van der Waals surface area contributed by atoms with E-state index >= 15 is 0 Å². The molecule has 6 rings (SSSR count). The molecule has 0 radical (unpaired) electrons. The summed E-state index contributed by atoms with van der Waals surface area (Å²) in [5, 5.41) is 4.31. The average Bonchev–Trinajstić information content (AvgIpc) is 3.11. The smallest absolute Gasteiger partial charge is 0.223 e. The Morgan fingerprint density at radius 2 is 1.91 bits per heavy atom. The van der Waals surface area contributed by atoms with Crippen molar-refractivity contribution in [2.75, 3.05) is 22.6 Å². The number of thioether (sulfide) groups is 1. The molecule has 1 saturated carbocycles. The second-order valence-electron chi connectivity index (χ2n) is 9.22. The Balaban J connectivity index is 0.000000406. The van der Waals surface area contributed by atoms with Crippen molar-refractivity contribution in [3.63, 3.8) is 0 Å². The van der Waals surface area contributed by atoms with E-state index in [0.29, 0.717) is 28.7 Å². The topological polar surface area (TPSA) is 76.7 Å². The van der Waals surface area contributed by atoms with E-state index in [1.807, 2.05) is 24.8 Å². The molecule has 8 heteroatoms. The summed E-state index contributed by atoms with van der Waals surface area (Å²) in [6.07, 6.45) is 9.05. The fraction of sp³-hybridized carbons (Fsp3) is 0.400. The van der Waals surface area contributed by atoms with Gasteiger partial charge >= 0.3 is 0 Å². The number of nitrogen functional groups attached to an aromatic ring is 1. The quantitative estimate of drug-likeness (QED) is 0.335. The number of benzene rings is 1. The third-order valence-corrected chi connectivity index (χ3v) is 9.07. The van der Waals surface area contributed by atoms with E-state index in [1.165, 1.54) is 48.5 Å². The van der Waals surface area contributed by atoms with Gasteiger partial charge in [0.25, 0.3) is 0 Å². The summed E-state index contributed by atoms with van der Waals surface area (Å²) in [5.74, 6) is 2.73. The Kier molecular flexibility index (Phi) is 6.14. The lowest BCUT2D eigenvalue weighted by atomic mass is 9.67. The van der Waals surface area contributed by atoms with E-state index in [0.717, 1.165) is 15.6 Å². The molecule has 3 heterocycles. The van der Waals surface area contributed by atoms with Crippen molar-refractivity contribution in [1.82, 2.24) is 15.0 Å². The van der Waals surface area contributed by atoms with Gasteiger partial charge in [0.2, 0.25) is 5.95 Å². The van der Waals surface area contributed by atoms with E-state index < -0.39 is 5.82 Å². The maximum Gasteiger partial charge on any atom is 0.223 e. The van der Waals surface area contributed by atoms with E-state index in [9.17, 15) is 4.39 Å². The number of rotatable bonds is 4. The number of nitrogens with one attached hydrogen (secondary N) is 1. The molecule has 1 spiro atoms. The van der Waals surface area contributed by atoms with Crippen LogP contribution in [0.2, 0.25) is 0 Å². The molecule has 1 aliphatic heterocycles. The third kappa shape index (κ3) is 4.64. The van der Waals surface area contributed by atoms with E-state index in [2.05, 4.69) is 28.3 Å². The molecule has 0 unspecified atom stereocenters. The zero-order valence-corrected chi connectivity index (χ0v) is 20.5. The van der Waals surface area contributed by atoms with Gasteiger partial charge in [-0.2, -0.15) is 11.8 Å². The Bertz CT molecular complexity index is 1190. The first-order chi connectivity index (χ1) is 15.9. The second-order valence-corrected chi connectivity index (χ2v) is 11.4. The fourth-order valence-electron chi connectivity index (χ4n) is 4.40. The van der Waals surface area contributed by atoms with Gasteiger partial charge in [0.05, 0.1) is 27.0 Å². The summed E-state index contributed by atoms with van der Waals surface area (Å²) in [4.78, 5) is 14.5. The molecule has 2 aliphatic carbocycles. The highest BCUT2D eigenvalue weighted by atomic mass is 32.2. The number of aromatic nitrogens is 3. The van der Waals surface area contributed by atoms with E-state index in [-0.39, 0.29) is 5.69 Å². The van der Waals surface area contributed by atoms with Crippen molar-refractivity contribution in [3.8, 4) is 21.8 Å². The number of nitrogens with zero attached hydrogens (tertiary/aromatic N) is 3. The molecule has 1 aromatic carbocycles. The Morgan fingerprint density at radius 3 is 2.55 bits per heavy atom. The zero-order chi connectivity index (χ0) is 23.0. The van der Waals surface area contributed by atoms with Crippen LogP contribution in [0.25, 0.3) is 21.8 Å². The standard InChI is InChI=1S/C20H20FN5S2.C5H8/c1-11-24-17(13-3-2-4-14(22)16(13)21)18(28-11)15-5-6-23-19(26-15)25-12-7-20(8-12)9-27-10-20;1-5-3-2-4-5/h2-6,12H,7-10,22H2,1H3,(H,23,25,26);3H,2,4H2,1H3. The maximum absolute atomic E-state index is 14.6. The molecule has 1 saturated heterocycles. The molecule has 0 atom stereocenters. The monoisotopic (exact) mass is 481 g/mol. The molecule has 3 aromatic rings. The van der Waals surface area contributed by atoms with Crippen LogP contribution in [0, 0.1) is 18.2 Å². The molecule has 2 fully saturated rings. The van der Waals surface area contributed by atoms with Crippen LogP contribution in [0.3, 0.4) is 0 Å².